The molecule has 2 aliphatic heterocycles. The highest BCUT2D eigenvalue weighted by molar-refractivity contribution is 7.90. The van der Waals surface area contributed by atoms with Crippen LogP contribution < -0.4 is 19.8 Å². The molecule has 1 saturated heterocycles. The maximum atomic E-state index is 13.3. The number of methoxy groups -OCH3 is 1. The van der Waals surface area contributed by atoms with Gasteiger partial charge in [-0.1, -0.05) is 20.3 Å². The van der Waals surface area contributed by atoms with Crippen molar-refractivity contribution in [3.05, 3.63) is 70.2 Å². The monoisotopic (exact) mass is 672 g/mol. The lowest BCUT2D eigenvalue weighted by Crippen LogP contribution is -2.34. The Labute approximate surface area is 270 Å². The number of hydrogen-bond acceptors (Lipinski definition) is 11. The third-order valence-corrected chi connectivity index (χ3v) is 9.15. The fourth-order valence-electron chi connectivity index (χ4n) is 5.10. The van der Waals surface area contributed by atoms with E-state index in [1.165, 1.54) is 36.8 Å². The first-order valence-corrected chi connectivity index (χ1v) is 16.2. The van der Waals surface area contributed by atoms with E-state index in [-0.39, 0.29) is 27.9 Å². The Hall–Kier alpha value is -4.96. The van der Waals surface area contributed by atoms with Crippen molar-refractivity contribution < 1.29 is 47.2 Å². The summed E-state index contributed by atoms with van der Waals surface area (Å²) in [4.78, 5) is 51.8. The van der Waals surface area contributed by atoms with Crippen molar-refractivity contribution in [2.24, 2.45) is 0 Å². The minimum atomic E-state index is -4.20. The predicted molar refractivity (Wildman–Crippen MR) is 168 cm³/mol. The Kier molecular flexibility index (Phi) is 11.2. The van der Waals surface area contributed by atoms with Crippen molar-refractivity contribution in [2.45, 2.75) is 43.9 Å². The lowest BCUT2D eigenvalue weighted by molar-refractivity contribution is -0.134. The van der Waals surface area contributed by atoms with Crippen LogP contribution in [0.1, 0.15) is 54.9 Å². The molecule has 252 valence electrons. The van der Waals surface area contributed by atoms with Gasteiger partial charge in [-0.3, -0.25) is 18.9 Å². The Morgan fingerprint density at radius 1 is 1.02 bits per heavy atom. The highest BCUT2D eigenvalue weighted by Gasteiger charge is 2.44. The van der Waals surface area contributed by atoms with Crippen molar-refractivity contribution in [3.63, 3.8) is 0 Å². The number of carboxylic acid groups (broad SMARTS) is 2. The van der Waals surface area contributed by atoms with E-state index < -0.39 is 40.2 Å². The summed E-state index contributed by atoms with van der Waals surface area (Å²) in [5.74, 6) is -2.70. The third-order valence-electron chi connectivity index (χ3n) is 7.42. The molecule has 0 atom stereocenters. The van der Waals surface area contributed by atoms with Crippen LogP contribution in [0, 0.1) is 0 Å². The molecule has 0 aliphatic carbocycles. The number of aliphatic carboxylic acids is 2. The molecule has 0 bridgehead atoms. The molecule has 0 radical (unpaired) electrons. The van der Waals surface area contributed by atoms with Crippen molar-refractivity contribution in [1.29, 1.82) is 0 Å². The maximum absolute atomic E-state index is 13.3. The molecule has 16 heteroatoms. The summed E-state index contributed by atoms with van der Waals surface area (Å²) < 4.78 is 45.4. The number of likely N-dealkylation sites (tertiary alicyclic amines) is 1. The average molecular weight is 673 g/mol. The van der Waals surface area contributed by atoms with Gasteiger partial charge in [-0.15, -0.1) is 0 Å². The summed E-state index contributed by atoms with van der Waals surface area (Å²) in [6.45, 7) is 6.38. The second-order valence-electron chi connectivity index (χ2n) is 10.9. The second-order valence-corrected chi connectivity index (χ2v) is 12.8. The van der Waals surface area contributed by atoms with Gasteiger partial charge in [0.15, 0.2) is 18.1 Å². The van der Waals surface area contributed by atoms with E-state index >= 15 is 0 Å². The fraction of sp³-hybridized carbons (Fsp3) is 0.387. The zero-order chi connectivity index (χ0) is 34.3. The number of piperidine rings is 1. The third kappa shape index (κ3) is 8.26. The van der Waals surface area contributed by atoms with Crippen molar-refractivity contribution in [1.82, 2.24) is 18.6 Å². The number of benzene rings is 1. The molecule has 15 nitrogen and oxygen atoms in total. The van der Waals surface area contributed by atoms with Crippen LogP contribution in [-0.4, -0.2) is 95.1 Å². The lowest BCUT2D eigenvalue weighted by Gasteiger charge is -2.26. The Morgan fingerprint density at radius 2 is 1.70 bits per heavy atom. The summed E-state index contributed by atoms with van der Waals surface area (Å²) >= 11 is 0. The van der Waals surface area contributed by atoms with Crippen LogP contribution in [0.4, 0.5) is 0 Å². The molecule has 0 unspecified atom stereocenters. The molecule has 47 heavy (non-hydrogen) atoms. The quantitative estimate of drug-likeness (QED) is 0.283. The van der Waals surface area contributed by atoms with Gasteiger partial charge in [-0.2, -0.15) is 9.29 Å². The molecule has 2 aliphatic rings. The van der Waals surface area contributed by atoms with E-state index in [1.54, 1.807) is 24.4 Å². The van der Waals surface area contributed by atoms with Crippen LogP contribution in [0.3, 0.4) is 0 Å². The van der Waals surface area contributed by atoms with Gasteiger partial charge in [0.1, 0.15) is 17.3 Å². The normalized spacial score (nSPS) is 15.7. The molecule has 1 amide bonds. The SMILES string of the molecule is COc1cc(C(C)C)c2c(c1)S(=O)(=O)N(COc1cc(=O)n3cccc(OCCN4CCCCC4)c3n1)C2=O.O=C(O)C=CC(=O)O. The smallest absolute Gasteiger partial charge is 0.328 e. The number of sulfonamides is 1. The number of nitrogens with zero attached hydrogens (tertiary/aromatic N) is 4. The van der Waals surface area contributed by atoms with E-state index in [9.17, 15) is 27.6 Å². The Balaban J connectivity index is 0.000000555. The summed E-state index contributed by atoms with van der Waals surface area (Å²) in [6, 6.07) is 7.56. The molecular formula is C31H36N4O11S. The van der Waals surface area contributed by atoms with E-state index in [4.69, 9.17) is 24.4 Å². The van der Waals surface area contributed by atoms with Crippen LogP contribution in [0.15, 0.2) is 58.4 Å². The number of carbonyl (C=O) groups excluding carboxylic acids is 1. The van der Waals surface area contributed by atoms with Gasteiger partial charge in [0.2, 0.25) is 5.88 Å². The summed E-state index contributed by atoms with van der Waals surface area (Å²) in [7, 11) is -2.76. The maximum Gasteiger partial charge on any atom is 0.328 e. The first-order chi connectivity index (χ1) is 22.3. The zero-order valence-corrected chi connectivity index (χ0v) is 26.9. The molecule has 3 aromatic rings. The fourth-order valence-corrected chi connectivity index (χ4v) is 6.56. The van der Waals surface area contributed by atoms with E-state index in [1.807, 2.05) is 13.8 Å². The molecule has 5 rings (SSSR count). The number of pyridine rings is 1. The topological polar surface area (TPSA) is 194 Å². The van der Waals surface area contributed by atoms with Crippen LogP contribution in [-0.2, 0) is 19.6 Å². The van der Waals surface area contributed by atoms with Gasteiger partial charge in [-0.05, 0) is 55.6 Å². The number of aromatic nitrogens is 2. The first kappa shape index (κ1) is 34.9. The van der Waals surface area contributed by atoms with Gasteiger partial charge >= 0.3 is 11.9 Å². The summed E-state index contributed by atoms with van der Waals surface area (Å²) in [5.41, 5.74) is 0.478. The molecule has 2 N–H and O–H groups in total. The van der Waals surface area contributed by atoms with Gasteiger partial charge in [0, 0.05) is 31.0 Å². The van der Waals surface area contributed by atoms with Gasteiger partial charge < -0.3 is 24.4 Å². The van der Waals surface area contributed by atoms with E-state index in [2.05, 4.69) is 9.88 Å². The molecule has 1 fully saturated rings. The number of hydrogen-bond donors (Lipinski definition) is 2. The minimum Gasteiger partial charge on any atom is -0.497 e. The van der Waals surface area contributed by atoms with Gasteiger partial charge in [0.05, 0.1) is 18.7 Å². The van der Waals surface area contributed by atoms with Crippen LogP contribution in [0.5, 0.6) is 17.4 Å². The number of rotatable bonds is 11. The molecule has 1 aromatic carbocycles. The molecule has 0 saturated carbocycles. The lowest BCUT2D eigenvalue weighted by atomic mass is 9.96. The van der Waals surface area contributed by atoms with Crippen molar-refractivity contribution in [3.8, 4) is 17.4 Å². The van der Waals surface area contributed by atoms with Gasteiger partial charge in [-0.25, -0.2) is 18.0 Å². The van der Waals surface area contributed by atoms with E-state index in [0.29, 0.717) is 40.1 Å². The largest absolute Gasteiger partial charge is 0.497 e. The Morgan fingerprint density at radius 3 is 2.32 bits per heavy atom. The molecule has 2 aromatic heterocycles. The predicted octanol–water partition coefficient (Wildman–Crippen LogP) is 2.58. The van der Waals surface area contributed by atoms with Crippen LogP contribution in [0.2, 0.25) is 0 Å². The number of carboxylic acids is 2. The highest BCUT2D eigenvalue weighted by atomic mass is 32.2. The number of fused-ring (bicyclic) bond motifs is 2. The zero-order valence-electron chi connectivity index (χ0n) is 26.1. The minimum absolute atomic E-state index is 0.102. The average Bonchev–Trinajstić information content (AvgIpc) is 3.23. The molecular weight excluding hydrogens is 636 g/mol. The first-order valence-electron chi connectivity index (χ1n) is 14.8. The van der Waals surface area contributed by atoms with Crippen LogP contribution >= 0.6 is 0 Å². The number of carbonyl (C=O) groups is 3. The Bertz CT molecular complexity index is 1830. The van der Waals surface area contributed by atoms with Gasteiger partial charge in [0.25, 0.3) is 21.5 Å². The standard InChI is InChI=1S/C27H32N4O7S.C4H4O4/c1-18(2)20-14-19(36-3)15-22-25(20)27(33)31(39(22,34)35)17-38-23-16-24(32)30-11-7-8-21(26(30)28-23)37-13-12-29-9-5-4-6-10-29;5-3(6)1-2-4(7)8/h7-8,11,14-16,18H,4-6,9-10,12-13,17H2,1-3H3;1-2H,(H,5,6)(H,7,8). The molecule has 0 spiro atoms. The van der Waals surface area contributed by atoms with Crippen LogP contribution in [0.25, 0.3) is 5.65 Å². The summed E-state index contributed by atoms with van der Waals surface area (Å²) in [5, 5.41) is 15.6. The number of amides is 1. The van der Waals surface area contributed by atoms with Crippen molar-refractivity contribution >= 4 is 33.5 Å². The van der Waals surface area contributed by atoms with Crippen molar-refractivity contribution in [2.75, 3.05) is 40.1 Å². The molecule has 4 heterocycles. The van der Waals surface area contributed by atoms with E-state index in [0.717, 1.165) is 25.7 Å². The second kappa shape index (κ2) is 15.1. The highest BCUT2D eigenvalue weighted by Crippen LogP contribution is 2.38. The number of ether oxygens (including phenoxy) is 3. The summed E-state index contributed by atoms with van der Waals surface area (Å²) in [6.07, 6.45) is 6.29.